The van der Waals surface area contributed by atoms with Gasteiger partial charge in [0, 0.05) is 31.7 Å². The lowest BCUT2D eigenvalue weighted by atomic mass is 9.80. The summed E-state index contributed by atoms with van der Waals surface area (Å²) >= 11 is 0. The Bertz CT molecular complexity index is 645. The number of hydrogen-bond donors (Lipinski definition) is 1. The summed E-state index contributed by atoms with van der Waals surface area (Å²) in [4.78, 5) is 12.5. The highest BCUT2D eigenvalue weighted by molar-refractivity contribution is 7.91. The van der Waals surface area contributed by atoms with E-state index < -0.39 is 20.9 Å². The van der Waals surface area contributed by atoms with Gasteiger partial charge in [-0.05, 0) is 0 Å². The number of terminal acetylenes is 1. The zero-order chi connectivity index (χ0) is 15.8. The second kappa shape index (κ2) is 5.32. The molecule has 22 heavy (non-hydrogen) atoms. The van der Waals surface area contributed by atoms with Crippen molar-refractivity contribution in [3.05, 3.63) is 0 Å². The first-order chi connectivity index (χ1) is 10.4. The Kier molecular flexibility index (Phi) is 3.73. The predicted molar refractivity (Wildman–Crippen MR) is 78.7 cm³/mol. The molecule has 3 rings (SSSR count). The molecule has 2 fully saturated rings. The van der Waals surface area contributed by atoms with Gasteiger partial charge < -0.3 is 10.1 Å². The Morgan fingerprint density at radius 3 is 2.86 bits per heavy atom. The maximum absolute atomic E-state index is 12.5. The average molecular weight is 325 g/mol. The summed E-state index contributed by atoms with van der Waals surface area (Å²) in [5.74, 6) is 2.01. The molecule has 3 aliphatic heterocycles. The molecule has 0 aromatic heterocycles. The number of amides is 1. The summed E-state index contributed by atoms with van der Waals surface area (Å²) in [5.41, 5.74) is -1.35. The Labute approximate surface area is 129 Å². The summed E-state index contributed by atoms with van der Waals surface area (Å²) in [5, 5.41) is 10.9. The first-order valence-electron chi connectivity index (χ1n) is 7.35. The number of nitrogens with zero attached hydrogens (tertiary/aromatic N) is 2. The molecule has 0 aromatic rings. The molecule has 0 radical (unpaired) electrons. The summed E-state index contributed by atoms with van der Waals surface area (Å²) in [6.07, 6.45) is 7.11. The van der Waals surface area contributed by atoms with Crippen LogP contribution in [0.25, 0.3) is 0 Å². The number of carbonyl (C=O) groups excluding carboxylic acids is 1. The van der Waals surface area contributed by atoms with Crippen LogP contribution in [0.15, 0.2) is 10.2 Å². The third-order valence-electron chi connectivity index (χ3n) is 4.71. The largest absolute Gasteiger partial charge is 0.380 e. The van der Waals surface area contributed by atoms with Crippen molar-refractivity contribution in [3.63, 3.8) is 0 Å². The molecular formula is C14H19N3O4S. The number of fused-ring (bicyclic) bond motifs is 1. The van der Waals surface area contributed by atoms with Crippen molar-refractivity contribution in [2.75, 3.05) is 31.3 Å². The summed E-state index contributed by atoms with van der Waals surface area (Å²) < 4.78 is 29.0. The van der Waals surface area contributed by atoms with Crippen LogP contribution in [0.2, 0.25) is 0 Å². The zero-order valence-electron chi connectivity index (χ0n) is 12.2. The Hall–Kier alpha value is -1.46. The zero-order valence-corrected chi connectivity index (χ0v) is 13.1. The molecule has 3 aliphatic rings. The first-order valence-corrected chi connectivity index (χ1v) is 9.18. The molecule has 8 heteroatoms. The molecule has 1 amide bonds. The van der Waals surface area contributed by atoms with Crippen LogP contribution in [-0.2, 0) is 19.4 Å². The second-order valence-electron chi connectivity index (χ2n) is 6.32. The molecule has 0 saturated carbocycles. The number of rotatable bonds is 6. The Balaban J connectivity index is 1.55. The summed E-state index contributed by atoms with van der Waals surface area (Å²) in [7, 11) is -3.16. The molecule has 0 aliphatic carbocycles. The van der Waals surface area contributed by atoms with Crippen LogP contribution < -0.4 is 5.32 Å². The maximum atomic E-state index is 12.5. The van der Waals surface area contributed by atoms with Crippen molar-refractivity contribution in [1.29, 1.82) is 0 Å². The molecule has 0 spiro atoms. The molecule has 0 aromatic carbocycles. The van der Waals surface area contributed by atoms with Gasteiger partial charge in [-0.1, -0.05) is 0 Å². The van der Waals surface area contributed by atoms with E-state index >= 15 is 0 Å². The van der Waals surface area contributed by atoms with E-state index in [1.807, 2.05) is 0 Å². The van der Waals surface area contributed by atoms with Crippen molar-refractivity contribution < 1.29 is 17.9 Å². The highest BCUT2D eigenvalue weighted by atomic mass is 32.2. The van der Waals surface area contributed by atoms with E-state index in [4.69, 9.17) is 11.2 Å². The fourth-order valence-electron chi connectivity index (χ4n) is 3.32. The highest BCUT2D eigenvalue weighted by Gasteiger charge is 2.58. The fourth-order valence-corrected chi connectivity index (χ4v) is 5.70. The number of sulfone groups is 1. The van der Waals surface area contributed by atoms with Crippen LogP contribution in [0.1, 0.15) is 19.3 Å². The fraction of sp³-hybridized carbons (Fsp3) is 0.786. The minimum absolute atomic E-state index is 0.0389. The van der Waals surface area contributed by atoms with E-state index in [2.05, 4.69) is 21.5 Å². The minimum atomic E-state index is -3.16. The summed E-state index contributed by atoms with van der Waals surface area (Å²) in [6, 6.07) is 0. The molecule has 2 atom stereocenters. The predicted octanol–water partition coefficient (Wildman–Crippen LogP) is 0.129. The van der Waals surface area contributed by atoms with Crippen LogP contribution in [0.4, 0.5) is 0 Å². The molecule has 2 saturated heterocycles. The lowest BCUT2D eigenvalue weighted by molar-refractivity contribution is -0.131. The SMILES string of the molecule is C#CCCC1(CCNC(=O)[C@]23COC[C@H]2CS(=O)(=O)C3)N=N1. The van der Waals surface area contributed by atoms with E-state index in [1.165, 1.54) is 0 Å². The molecule has 0 unspecified atom stereocenters. The van der Waals surface area contributed by atoms with E-state index in [-0.39, 0.29) is 29.9 Å². The minimum Gasteiger partial charge on any atom is -0.380 e. The first kappa shape index (κ1) is 15.4. The van der Waals surface area contributed by atoms with Crippen molar-refractivity contribution in [2.24, 2.45) is 21.6 Å². The van der Waals surface area contributed by atoms with Crippen LogP contribution in [-0.4, -0.2) is 51.3 Å². The van der Waals surface area contributed by atoms with Crippen LogP contribution in [0, 0.1) is 23.7 Å². The Morgan fingerprint density at radius 2 is 2.18 bits per heavy atom. The van der Waals surface area contributed by atoms with Crippen molar-refractivity contribution in [3.8, 4) is 12.3 Å². The monoisotopic (exact) mass is 325 g/mol. The van der Waals surface area contributed by atoms with Gasteiger partial charge in [0.05, 0.1) is 30.1 Å². The molecule has 1 N–H and O–H groups in total. The molecule has 0 bridgehead atoms. The molecular weight excluding hydrogens is 306 g/mol. The number of nitrogens with one attached hydrogen (secondary N) is 1. The molecule has 7 nitrogen and oxygen atoms in total. The number of carbonyl (C=O) groups is 1. The van der Waals surface area contributed by atoms with Crippen LogP contribution in [0.3, 0.4) is 0 Å². The normalized spacial score (nSPS) is 33.1. The lowest BCUT2D eigenvalue weighted by Gasteiger charge is -2.24. The van der Waals surface area contributed by atoms with Gasteiger partial charge >= 0.3 is 0 Å². The maximum Gasteiger partial charge on any atom is 0.230 e. The lowest BCUT2D eigenvalue weighted by Crippen LogP contribution is -2.46. The van der Waals surface area contributed by atoms with Gasteiger partial charge in [0.25, 0.3) is 0 Å². The van der Waals surface area contributed by atoms with Crippen LogP contribution in [0.5, 0.6) is 0 Å². The Morgan fingerprint density at radius 1 is 1.41 bits per heavy atom. The van der Waals surface area contributed by atoms with E-state index in [9.17, 15) is 13.2 Å². The van der Waals surface area contributed by atoms with Crippen LogP contribution >= 0.6 is 0 Å². The van der Waals surface area contributed by atoms with Gasteiger partial charge in [0.15, 0.2) is 15.5 Å². The van der Waals surface area contributed by atoms with Gasteiger partial charge in [-0.2, -0.15) is 10.2 Å². The van der Waals surface area contributed by atoms with E-state index in [0.29, 0.717) is 32.4 Å². The van der Waals surface area contributed by atoms with Gasteiger partial charge in [-0.3, -0.25) is 4.79 Å². The average Bonchev–Trinajstić information content (AvgIpc) is 3.03. The molecule has 3 heterocycles. The molecule has 120 valence electrons. The van der Waals surface area contributed by atoms with Gasteiger partial charge in [0.1, 0.15) is 0 Å². The smallest absolute Gasteiger partial charge is 0.230 e. The van der Waals surface area contributed by atoms with Crippen molar-refractivity contribution >= 4 is 15.7 Å². The second-order valence-corrected chi connectivity index (χ2v) is 8.42. The van der Waals surface area contributed by atoms with Gasteiger partial charge in [-0.25, -0.2) is 8.42 Å². The number of ether oxygens (including phenoxy) is 1. The topological polar surface area (TPSA) is 97.2 Å². The third kappa shape index (κ3) is 2.75. The van der Waals surface area contributed by atoms with E-state index in [1.54, 1.807) is 0 Å². The standard InChI is InChI=1S/C14H19N3O4S/c1-2-3-4-14(16-17-14)5-6-15-12(18)13-9-21-7-11(13)8-22(19,20)10-13/h1,11H,3-10H2,(H,15,18)/t11-,13-/m0/s1. The highest BCUT2D eigenvalue weighted by Crippen LogP contribution is 2.43. The van der Waals surface area contributed by atoms with Crippen molar-refractivity contribution in [1.82, 2.24) is 5.32 Å². The number of hydrogen-bond acceptors (Lipinski definition) is 6. The van der Waals surface area contributed by atoms with E-state index in [0.717, 1.165) is 0 Å². The third-order valence-corrected chi connectivity index (χ3v) is 6.57. The summed E-state index contributed by atoms with van der Waals surface area (Å²) in [6.45, 7) is 0.925. The van der Waals surface area contributed by atoms with Gasteiger partial charge in [-0.15, -0.1) is 12.3 Å². The van der Waals surface area contributed by atoms with Gasteiger partial charge in [0.2, 0.25) is 5.91 Å². The quantitative estimate of drug-likeness (QED) is 0.702. The van der Waals surface area contributed by atoms with Crippen molar-refractivity contribution in [2.45, 2.75) is 24.9 Å².